The highest BCUT2D eigenvalue weighted by atomic mass is 32.2. The summed E-state index contributed by atoms with van der Waals surface area (Å²) in [5.74, 6) is 0.847. The second-order valence-corrected chi connectivity index (χ2v) is 5.03. The summed E-state index contributed by atoms with van der Waals surface area (Å²) in [7, 11) is 0. The predicted molar refractivity (Wildman–Crippen MR) is 63.5 cm³/mol. The first-order chi connectivity index (χ1) is 7.69. The van der Waals surface area contributed by atoms with E-state index in [1.165, 1.54) is 17.8 Å². The number of thioether (sulfide) groups is 1. The maximum absolute atomic E-state index is 8.97. The molecule has 5 nitrogen and oxygen atoms in total. The number of rotatable bonds is 2. The number of nitrogen functional groups attached to an aromatic ring is 2. The molecule has 16 heavy (non-hydrogen) atoms. The van der Waals surface area contributed by atoms with Gasteiger partial charge in [0, 0.05) is 11.3 Å². The van der Waals surface area contributed by atoms with Gasteiger partial charge in [-0.2, -0.15) is 5.26 Å². The lowest BCUT2D eigenvalue weighted by molar-refractivity contribution is 0.712. The Bertz CT molecular complexity index is 407. The van der Waals surface area contributed by atoms with E-state index >= 15 is 0 Å². The molecule has 2 unspecified atom stereocenters. The maximum Gasteiger partial charge on any atom is 0.191 e. The molecule has 1 heterocycles. The van der Waals surface area contributed by atoms with Crippen molar-refractivity contribution in [2.24, 2.45) is 5.92 Å². The molecule has 0 aliphatic heterocycles. The zero-order valence-corrected chi connectivity index (χ0v) is 9.57. The van der Waals surface area contributed by atoms with Gasteiger partial charge in [-0.25, -0.2) is 9.97 Å². The van der Waals surface area contributed by atoms with E-state index in [0.717, 1.165) is 19.3 Å². The molecule has 1 saturated carbocycles. The average Bonchev–Trinajstić information content (AvgIpc) is 2.63. The first kappa shape index (κ1) is 11.0. The molecule has 6 heteroatoms. The van der Waals surface area contributed by atoms with Crippen molar-refractivity contribution in [1.82, 2.24) is 9.97 Å². The van der Waals surface area contributed by atoms with E-state index in [4.69, 9.17) is 16.7 Å². The molecule has 84 valence electrons. The van der Waals surface area contributed by atoms with Gasteiger partial charge in [0.1, 0.15) is 11.6 Å². The smallest absolute Gasteiger partial charge is 0.191 e. The van der Waals surface area contributed by atoms with Crippen molar-refractivity contribution >= 4 is 23.4 Å². The van der Waals surface area contributed by atoms with E-state index in [-0.39, 0.29) is 11.2 Å². The van der Waals surface area contributed by atoms with Crippen LogP contribution in [0, 0.1) is 17.2 Å². The lowest BCUT2D eigenvalue weighted by Gasteiger charge is -2.11. The van der Waals surface area contributed by atoms with Crippen molar-refractivity contribution < 1.29 is 0 Å². The van der Waals surface area contributed by atoms with E-state index < -0.39 is 0 Å². The molecule has 0 amide bonds. The Morgan fingerprint density at radius 1 is 1.31 bits per heavy atom. The SMILES string of the molecule is N#CC1CCCC1Sc1nc(N)cc(N)n1. The number of nitriles is 1. The summed E-state index contributed by atoms with van der Waals surface area (Å²) in [6.45, 7) is 0. The Labute approximate surface area is 98.2 Å². The van der Waals surface area contributed by atoms with Gasteiger partial charge < -0.3 is 11.5 Å². The summed E-state index contributed by atoms with van der Waals surface area (Å²) in [4.78, 5) is 8.21. The minimum atomic E-state index is 0.0938. The lowest BCUT2D eigenvalue weighted by Crippen LogP contribution is -2.09. The zero-order chi connectivity index (χ0) is 11.5. The van der Waals surface area contributed by atoms with E-state index in [9.17, 15) is 0 Å². The maximum atomic E-state index is 8.97. The van der Waals surface area contributed by atoms with Crippen LogP contribution < -0.4 is 11.5 Å². The number of nitrogens with zero attached hydrogens (tertiary/aromatic N) is 3. The monoisotopic (exact) mass is 235 g/mol. The third kappa shape index (κ3) is 2.36. The molecule has 0 aromatic carbocycles. The first-order valence-electron chi connectivity index (χ1n) is 5.15. The van der Waals surface area contributed by atoms with Crippen LogP contribution in [0.25, 0.3) is 0 Å². The lowest BCUT2D eigenvalue weighted by atomic mass is 10.1. The molecule has 1 aromatic rings. The number of nitrogens with two attached hydrogens (primary N) is 2. The van der Waals surface area contributed by atoms with Gasteiger partial charge in [-0.3, -0.25) is 0 Å². The minimum absolute atomic E-state index is 0.0938. The van der Waals surface area contributed by atoms with Crippen LogP contribution in [0.1, 0.15) is 19.3 Å². The fraction of sp³-hybridized carbons (Fsp3) is 0.500. The third-order valence-electron chi connectivity index (χ3n) is 2.62. The summed E-state index contributed by atoms with van der Waals surface area (Å²) in [6.07, 6.45) is 3.08. The number of hydrogen-bond acceptors (Lipinski definition) is 6. The second kappa shape index (κ2) is 4.58. The fourth-order valence-corrected chi connectivity index (χ4v) is 3.10. The summed E-state index contributed by atoms with van der Waals surface area (Å²) >= 11 is 1.51. The molecule has 1 fully saturated rings. The highest BCUT2D eigenvalue weighted by Crippen LogP contribution is 2.37. The Morgan fingerprint density at radius 3 is 2.62 bits per heavy atom. The second-order valence-electron chi connectivity index (χ2n) is 3.82. The van der Waals surface area contributed by atoms with E-state index in [2.05, 4.69) is 16.0 Å². The Balaban J connectivity index is 2.12. The van der Waals surface area contributed by atoms with Gasteiger partial charge >= 0.3 is 0 Å². The normalized spacial score (nSPS) is 24.2. The number of hydrogen-bond donors (Lipinski definition) is 2. The quantitative estimate of drug-likeness (QED) is 0.752. The third-order valence-corrected chi connectivity index (χ3v) is 3.88. The van der Waals surface area contributed by atoms with Crippen LogP contribution in [0.4, 0.5) is 11.6 Å². The molecular formula is C10H13N5S. The summed E-state index contributed by atoms with van der Waals surface area (Å²) in [5.41, 5.74) is 11.2. The molecule has 2 atom stereocenters. The van der Waals surface area contributed by atoms with E-state index in [0.29, 0.717) is 16.8 Å². The molecule has 4 N–H and O–H groups in total. The Kier molecular flexibility index (Phi) is 3.15. The number of aromatic nitrogens is 2. The molecule has 1 aromatic heterocycles. The van der Waals surface area contributed by atoms with Crippen molar-refractivity contribution in [3.8, 4) is 6.07 Å². The van der Waals surface area contributed by atoms with Crippen molar-refractivity contribution in [2.45, 2.75) is 29.7 Å². The van der Waals surface area contributed by atoms with Crippen LogP contribution in [0.15, 0.2) is 11.2 Å². The standard InChI is InChI=1S/C10H13N5S/c11-5-6-2-1-3-7(6)16-10-14-8(12)4-9(13)15-10/h4,6-7H,1-3H2,(H4,12,13,14,15). The highest BCUT2D eigenvalue weighted by Gasteiger charge is 2.28. The van der Waals surface area contributed by atoms with Crippen molar-refractivity contribution in [1.29, 1.82) is 5.26 Å². The Morgan fingerprint density at radius 2 is 2.00 bits per heavy atom. The van der Waals surface area contributed by atoms with Gasteiger partial charge in [0.25, 0.3) is 0 Å². The number of anilines is 2. The van der Waals surface area contributed by atoms with E-state index in [1.807, 2.05) is 0 Å². The van der Waals surface area contributed by atoms with Gasteiger partial charge in [-0.15, -0.1) is 0 Å². The van der Waals surface area contributed by atoms with Crippen LogP contribution >= 0.6 is 11.8 Å². The molecule has 0 bridgehead atoms. The van der Waals surface area contributed by atoms with Crippen molar-refractivity contribution in [3.63, 3.8) is 0 Å². The van der Waals surface area contributed by atoms with Crippen LogP contribution in [0.2, 0.25) is 0 Å². The summed E-state index contributed by atoms with van der Waals surface area (Å²) in [5, 5.41) is 9.81. The summed E-state index contributed by atoms with van der Waals surface area (Å²) in [6, 6.07) is 3.85. The zero-order valence-electron chi connectivity index (χ0n) is 8.76. The minimum Gasteiger partial charge on any atom is -0.383 e. The van der Waals surface area contributed by atoms with E-state index in [1.54, 1.807) is 0 Å². The summed E-state index contributed by atoms with van der Waals surface area (Å²) < 4.78 is 0. The topological polar surface area (TPSA) is 102 Å². The van der Waals surface area contributed by atoms with Crippen molar-refractivity contribution in [3.05, 3.63) is 6.07 Å². The van der Waals surface area contributed by atoms with Gasteiger partial charge in [0.05, 0.1) is 12.0 Å². The fourth-order valence-electron chi connectivity index (χ4n) is 1.86. The molecule has 0 saturated heterocycles. The van der Waals surface area contributed by atoms with Crippen molar-refractivity contribution in [2.75, 3.05) is 11.5 Å². The van der Waals surface area contributed by atoms with Gasteiger partial charge in [-0.1, -0.05) is 18.2 Å². The van der Waals surface area contributed by atoms with Gasteiger partial charge in [0.2, 0.25) is 0 Å². The molecule has 1 aliphatic carbocycles. The average molecular weight is 235 g/mol. The molecule has 0 spiro atoms. The Hall–Kier alpha value is -1.48. The predicted octanol–water partition coefficient (Wildman–Crippen LogP) is 1.43. The highest BCUT2D eigenvalue weighted by molar-refractivity contribution is 7.99. The molecular weight excluding hydrogens is 222 g/mol. The van der Waals surface area contributed by atoms with Gasteiger partial charge in [-0.05, 0) is 12.8 Å². The van der Waals surface area contributed by atoms with Crippen LogP contribution in [0.3, 0.4) is 0 Å². The van der Waals surface area contributed by atoms with Crippen LogP contribution in [0.5, 0.6) is 0 Å². The largest absolute Gasteiger partial charge is 0.383 e. The van der Waals surface area contributed by atoms with Gasteiger partial charge in [0.15, 0.2) is 5.16 Å². The molecule has 2 rings (SSSR count). The molecule has 1 aliphatic rings. The molecule has 0 radical (unpaired) electrons. The first-order valence-corrected chi connectivity index (χ1v) is 6.03. The van der Waals surface area contributed by atoms with Crippen LogP contribution in [-0.4, -0.2) is 15.2 Å². The van der Waals surface area contributed by atoms with Crippen LogP contribution in [-0.2, 0) is 0 Å².